The molecule has 1 aromatic carbocycles. The number of rotatable bonds is 5. The van der Waals surface area contributed by atoms with E-state index in [4.69, 9.17) is 9.47 Å². The van der Waals surface area contributed by atoms with Crippen LogP contribution in [0.5, 0.6) is 5.75 Å². The summed E-state index contributed by atoms with van der Waals surface area (Å²) in [7, 11) is 1.67. The fourth-order valence-electron chi connectivity index (χ4n) is 2.39. The van der Waals surface area contributed by atoms with Crippen molar-refractivity contribution in [3.05, 3.63) is 34.8 Å². The van der Waals surface area contributed by atoms with Crippen molar-refractivity contribution >= 4 is 28.4 Å². The van der Waals surface area contributed by atoms with Crippen LogP contribution in [0.15, 0.2) is 28.7 Å². The topological polar surface area (TPSA) is 59.0 Å². The van der Waals surface area contributed by atoms with Crippen LogP contribution in [0.1, 0.15) is 11.3 Å². The van der Waals surface area contributed by atoms with E-state index in [9.17, 15) is 0 Å². The Kier molecular flexibility index (Phi) is 5.09. The number of aryl methyl sites for hydroxylation is 1. The maximum atomic E-state index is 5.49. The van der Waals surface area contributed by atoms with Crippen LogP contribution in [-0.2, 0) is 4.74 Å². The number of nitrogens with one attached hydrogen (secondary N) is 1. The first kappa shape index (κ1) is 15.8. The summed E-state index contributed by atoms with van der Waals surface area (Å²) in [6.07, 6.45) is 1.75. The van der Waals surface area contributed by atoms with Crippen LogP contribution in [0.4, 0.5) is 10.8 Å². The number of benzene rings is 1. The molecule has 1 aliphatic heterocycles. The van der Waals surface area contributed by atoms with E-state index in [1.165, 1.54) is 11.3 Å². The second kappa shape index (κ2) is 7.43. The lowest BCUT2D eigenvalue weighted by Crippen LogP contribution is -2.36. The van der Waals surface area contributed by atoms with E-state index in [2.05, 4.69) is 26.5 Å². The second-order valence-corrected chi connectivity index (χ2v) is 6.05. The summed E-state index contributed by atoms with van der Waals surface area (Å²) in [6, 6.07) is 6.14. The minimum atomic E-state index is 0.767. The van der Waals surface area contributed by atoms with Gasteiger partial charge in [-0.3, -0.25) is 5.43 Å². The average Bonchev–Trinajstić information content (AvgIpc) is 3.01. The number of hydrogen-bond donors (Lipinski definition) is 1. The first-order valence-electron chi connectivity index (χ1n) is 7.48. The maximum absolute atomic E-state index is 5.49. The number of morpholine rings is 1. The predicted octanol–water partition coefficient (Wildman–Crippen LogP) is 2.74. The smallest absolute Gasteiger partial charge is 0.203 e. The van der Waals surface area contributed by atoms with E-state index in [1.54, 1.807) is 13.3 Å². The number of aromatic nitrogens is 1. The van der Waals surface area contributed by atoms with Crippen molar-refractivity contribution in [1.82, 2.24) is 4.98 Å². The van der Waals surface area contributed by atoms with Crippen molar-refractivity contribution in [2.75, 3.05) is 43.7 Å². The van der Waals surface area contributed by atoms with Gasteiger partial charge in [0.2, 0.25) is 5.13 Å². The van der Waals surface area contributed by atoms with Gasteiger partial charge in [0.1, 0.15) is 5.75 Å². The molecule has 23 heavy (non-hydrogen) atoms. The Labute approximate surface area is 139 Å². The van der Waals surface area contributed by atoms with Gasteiger partial charge in [-0.15, -0.1) is 11.3 Å². The summed E-state index contributed by atoms with van der Waals surface area (Å²) < 4.78 is 10.9. The number of nitrogens with zero attached hydrogens (tertiary/aromatic N) is 3. The van der Waals surface area contributed by atoms with Crippen LogP contribution in [0.2, 0.25) is 0 Å². The zero-order chi connectivity index (χ0) is 16.1. The molecule has 2 heterocycles. The molecule has 0 unspecified atom stereocenters. The summed E-state index contributed by atoms with van der Waals surface area (Å²) in [5, 5.41) is 7.00. The van der Waals surface area contributed by atoms with Crippen molar-refractivity contribution in [3.8, 4) is 5.75 Å². The summed E-state index contributed by atoms with van der Waals surface area (Å²) in [5.74, 6) is 0.801. The van der Waals surface area contributed by atoms with Crippen molar-refractivity contribution in [1.29, 1.82) is 0 Å². The van der Waals surface area contributed by atoms with Gasteiger partial charge < -0.3 is 14.4 Å². The number of anilines is 2. The van der Waals surface area contributed by atoms with Crippen LogP contribution in [0.25, 0.3) is 0 Å². The third-order valence-corrected chi connectivity index (χ3v) is 4.44. The SMILES string of the molecule is COc1cc(N2CCOCC2)ccc1C=NNc1nc(C)cs1. The molecule has 0 radical (unpaired) electrons. The van der Waals surface area contributed by atoms with E-state index in [-0.39, 0.29) is 0 Å². The summed E-state index contributed by atoms with van der Waals surface area (Å²) in [4.78, 5) is 6.60. The van der Waals surface area contributed by atoms with E-state index in [0.29, 0.717) is 0 Å². The van der Waals surface area contributed by atoms with Crippen LogP contribution >= 0.6 is 11.3 Å². The van der Waals surface area contributed by atoms with Gasteiger partial charge in [-0.05, 0) is 19.1 Å². The number of ether oxygens (including phenoxy) is 2. The van der Waals surface area contributed by atoms with Crippen molar-refractivity contribution < 1.29 is 9.47 Å². The minimum absolute atomic E-state index is 0.767. The molecule has 3 rings (SSSR count). The fraction of sp³-hybridized carbons (Fsp3) is 0.375. The molecule has 1 saturated heterocycles. The highest BCUT2D eigenvalue weighted by atomic mass is 32.1. The Morgan fingerprint density at radius 2 is 2.22 bits per heavy atom. The highest BCUT2D eigenvalue weighted by Crippen LogP contribution is 2.25. The molecule has 0 aliphatic carbocycles. The third kappa shape index (κ3) is 4.00. The van der Waals surface area contributed by atoms with Crippen LogP contribution < -0.4 is 15.1 Å². The maximum Gasteiger partial charge on any atom is 0.203 e. The first-order valence-corrected chi connectivity index (χ1v) is 8.36. The molecule has 1 aromatic heterocycles. The Morgan fingerprint density at radius 3 is 2.91 bits per heavy atom. The molecule has 0 atom stereocenters. The molecule has 0 bridgehead atoms. The average molecular weight is 332 g/mol. The van der Waals surface area contributed by atoms with Gasteiger partial charge in [-0.2, -0.15) is 5.10 Å². The van der Waals surface area contributed by atoms with Gasteiger partial charge in [0.05, 0.1) is 32.2 Å². The van der Waals surface area contributed by atoms with E-state index >= 15 is 0 Å². The van der Waals surface area contributed by atoms with Gasteiger partial charge in [0.25, 0.3) is 0 Å². The molecular weight excluding hydrogens is 312 g/mol. The second-order valence-electron chi connectivity index (χ2n) is 5.19. The normalized spacial score (nSPS) is 15.1. The summed E-state index contributed by atoms with van der Waals surface area (Å²) in [6.45, 7) is 5.30. The standard InChI is InChI=1S/C16H20N4O2S/c1-12-11-23-16(18-12)19-17-10-13-3-4-14(9-15(13)21-2)20-5-7-22-8-6-20/h3-4,9-11H,5-8H2,1-2H3,(H,18,19). The van der Waals surface area contributed by atoms with Gasteiger partial charge >= 0.3 is 0 Å². The number of hydrogen-bond acceptors (Lipinski definition) is 7. The quantitative estimate of drug-likeness (QED) is 0.674. The number of methoxy groups -OCH3 is 1. The fourth-order valence-corrected chi connectivity index (χ4v) is 3.02. The van der Waals surface area contributed by atoms with Crippen LogP contribution in [-0.4, -0.2) is 44.6 Å². The lowest BCUT2D eigenvalue weighted by Gasteiger charge is -2.29. The molecule has 0 saturated carbocycles. The largest absolute Gasteiger partial charge is 0.496 e. The van der Waals surface area contributed by atoms with Gasteiger partial charge in [-0.1, -0.05) is 0 Å². The van der Waals surface area contributed by atoms with E-state index in [1.807, 2.05) is 24.4 Å². The lowest BCUT2D eigenvalue weighted by atomic mass is 10.1. The number of hydrazone groups is 1. The molecule has 1 aliphatic rings. The zero-order valence-corrected chi connectivity index (χ0v) is 14.1. The van der Waals surface area contributed by atoms with Gasteiger partial charge in [0.15, 0.2) is 0 Å². The summed E-state index contributed by atoms with van der Waals surface area (Å²) in [5.41, 5.74) is 5.99. The molecule has 2 aromatic rings. The molecule has 122 valence electrons. The van der Waals surface area contributed by atoms with Crippen LogP contribution in [0.3, 0.4) is 0 Å². The Hall–Kier alpha value is -2.12. The molecule has 6 nitrogen and oxygen atoms in total. The van der Waals surface area contributed by atoms with E-state index < -0.39 is 0 Å². The lowest BCUT2D eigenvalue weighted by molar-refractivity contribution is 0.122. The molecule has 1 N–H and O–H groups in total. The van der Waals surface area contributed by atoms with Crippen molar-refractivity contribution in [3.63, 3.8) is 0 Å². The van der Waals surface area contributed by atoms with Crippen molar-refractivity contribution in [2.24, 2.45) is 5.10 Å². The molecule has 0 spiro atoms. The van der Waals surface area contributed by atoms with Crippen LogP contribution in [0, 0.1) is 6.92 Å². The minimum Gasteiger partial charge on any atom is -0.496 e. The predicted molar refractivity (Wildman–Crippen MR) is 94.1 cm³/mol. The monoisotopic (exact) mass is 332 g/mol. The Morgan fingerprint density at radius 1 is 1.39 bits per heavy atom. The van der Waals surface area contributed by atoms with Gasteiger partial charge in [-0.25, -0.2) is 4.98 Å². The van der Waals surface area contributed by atoms with Gasteiger partial charge in [0, 0.05) is 35.8 Å². The third-order valence-electron chi connectivity index (χ3n) is 3.58. The molecular formula is C16H20N4O2S. The number of thiazole rings is 1. The zero-order valence-electron chi connectivity index (χ0n) is 13.3. The van der Waals surface area contributed by atoms with Crippen molar-refractivity contribution in [2.45, 2.75) is 6.92 Å². The molecule has 1 fully saturated rings. The molecule has 0 amide bonds. The Balaban J connectivity index is 1.71. The first-order chi connectivity index (χ1) is 11.3. The summed E-state index contributed by atoms with van der Waals surface area (Å²) >= 11 is 1.53. The highest BCUT2D eigenvalue weighted by molar-refractivity contribution is 7.13. The van der Waals surface area contributed by atoms with E-state index in [0.717, 1.165) is 54.1 Å². The highest BCUT2D eigenvalue weighted by Gasteiger charge is 2.13. The molecule has 7 heteroatoms. The Bertz CT molecular complexity index is 680.